The zero-order valence-electron chi connectivity index (χ0n) is 20.8. The molecule has 0 unspecified atom stereocenters. The summed E-state index contributed by atoms with van der Waals surface area (Å²) in [7, 11) is 2.17. The maximum absolute atomic E-state index is 6.03. The van der Waals surface area contributed by atoms with Crippen LogP contribution in [0.25, 0.3) is 22.6 Å². The Kier molecular flexibility index (Phi) is 9.22. The maximum atomic E-state index is 6.03. The minimum atomic E-state index is 0.616. The fraction of sp³-hybridized carbons (Fsp3) is 0.536. The van der Waals surface area contributed by atoms with Gasteiger partial charge in [-0.2, -0.15) is 0 Å². The van der Waals surface area contributed by atoms with Crippen LogP contribution in [0.1, 0.15) is 45.4 Å². The molecule has 0 radical (unpaired) electrons. The van der Waals surface area contributed by atoms with Crippen molar-refractivity contribution in [3.63, 3.8) is 0 Å². The van der Waals surface area contributed by atoms with Crippen LogP contribution in [0.15, 0.2) is 46.9 Å². The van der Waals surface area contributed by atoms with Crippen LogP contribution in [0.4, 0.5) is 0 Å². The van der Waals surface area contributed by atoms with E-state index in [1.807, 2.05) is 42.5 Å². The fourth-order valence-electron chi connectivity index (χ4n) is 4.36. The van der Waals surface area contributed by atoms with Crippen molar-refractivity contribution >= 4 is 11.1 Å². The molecular formula is C28H39N3O3. The van der Waals surface area contributed by atoms with Crippen LogP contribution in [-0.2, 0) is 0 Å². The Morgan fingerprint density at radius 2 is 1.62 bits per heavy atom. The number of rotatable bonds is 14. The number of fused-ring (bicyclic) bond motifs is 1. The second kappa shape index (κ2) is 12.8. The molecule has 0 N–H and O–H groups in total. The van der Waals surface area contributed by atoms with E-state index in [1.165, 1.54) is 38.8 Å². The first-order valence-corrected chi connectivity index (χ1v) is 12.9. The zero-order valence-corrected chi connectivity index (χ0v) is 20.8. The van der Waals surface area contributed by atoms with Crippen LogP contribution in [0.5, 0.6) is 11.5 Å². The molecule has 184 valence electrons. The van der Waals surface area contributed by atoms with Crippen molar-refractivity contribution < 1.29 is 13.9 Å². The van der Waals surface area contributed by atoms with Gasteiger partial charge < -0.3 is 23.7 Å². The summed E-state index contributed by atoms with van der Waals surface area (Å²) >= 11 is 0. The van der Waals surface area contributed by atoms with Gasteiger partial charge in [0.2, 0.25) is 5.89 Å². The Bertz CT molecular complexity index is 996. The molecule has 6 nitrogen and oxygen atoms in total. The Hall–Kier alpha value is -2.57. The van der Waals surface area contributed by atoms with E-state index in [2.05, 4.69) is 28.8 Å². The molecule has 34 heavy (non-hydrogen) atoms. The van der Waals surface area contributed by atoms with Crippen molar-refractivity contribution in [3.05, 3.63) is 42.5 Å². The van der Waals surface area contributed by atoms with Crippen LogP contribution in [-0.4, -0.2) is 67.8 Å². The number of nitrogens with zero attached hydrogens (tertiary/aromatic N) is 3. The van der Waals surface area contributed by atoms with Crippen LogP contribution < -0.4 is 9.47 Å². The Morgan fingerprint density at radius 1 is 0.912 bits per heavy atom. The number of likely N-dealkylation sites (tertiary alicyclic amines) is 1. The standard InChI is InChI=1S/C28H39N3O3/c1-3-4-15-30(2)16-7-20-33-25-13-14-26-27(22-25)34-28(29-26)23-9-11-24(12-10-23)32-21-8-19-31-17-5-6-18-31/h9-14,22H,3-8,15-21H2,1-2H3. The lowest BCUT2D eigenvalue weighted by atomic mass is 10.2. The molecule has 6 heteroatoms. The summed E-state index contributed by atoms with van der Waals surface area (Å²) in [6.45, 7) is 9.47. The molecular weight excluding hydrogens is 426 g/mol. The van der Waals surface area contributed by atoms with Gasteiger partial charge in [-0.15, -0.1) is 0 Å². The molecule has 0 spiro atoms. The molecule has 1 aliphatic heterocycles. The highest BCUT2D eigenvalue weighted by Gasteiger charge is 2.11. The van der Waals surface area contributed by atoms with Crippen LogP contribution in [0.2, 0.25) is 0 Å². The lowest BCUT2D eigenvalue weighted by Crippen LogP contribution is -2.22. The number of benzene rings is 2. The summed E-state index contributed by atoms with van der Waals surface area (Å²) in [4.78, 5) is 9.53. The molecule has 3 aromatic rings. The summed E-state index contributed by atoms with van der Waals surface area (Å²) in [5, 5.41) is 0. The highest BCUT2D eigenvalue weighted by molar-refractivity contribution is 5.77. The van der Waals surface area contributed by atoms with E-state index in [0.717, 1.165) is 67.2 Å². The quantitative estimate of drug-likeness (QED) is 0.278. The number of oxazole rings is 1. The first-order valence-electron chi connectivity index (χ1n) is 12.9. The van der Waals surface area contributed by atoms with Gasteiger partial charge in [-0.25, -0.2) is 4.98 Å². The summed E-state index contributed by atoms with van der Waals surface area (Å²) in [6, 6.07) is 13.9. The molecule has 1 saturated heterocycles. The summed E-state index contributed by atoms with van der Waals surface area (Å²) in [5.74, 6) is 2.33. The van der Waals surface area contributed by atoms with E-state index >= 15 is 0 Å². The molecule has 1 aromatic heterocycles. The van der Waals surface area contributed by atoms with Crippen LogP contribution in [0.3, 0.4) is 0 Å². The van der Waals surface area contributed by atoms with E-state index in [0.29, 0.717) is 12.5 Å². The minimum absolute atomic E-state index is 0.616. The predicted octanol–water partition coefficient (Wildman–Crippen LogP) is 5.86. The van der Waals surface area contributed by atoms with Crippen molar-refractivity contribution in [1.29, 1.82) is 0 Å². The first kappa shape index (κ1) is 24.6. The van der Waals surface area contributed by atoms with Gasteiger partial charge in [-0.3, -0.25) is 0 Å². The molecule has 1 fully saturated rings. The summed E-state index contributed by atoms with van der Waals surface area (Å²) in [6.07, 6.45) is 7.22. The van der Waals surface area contributed by atoms with Crippen LogP contribution in [0, 0.1) is 0 Å². The largest absolute Gasteiger partial charge is 0.494 e. The smallest absolute Gasteiger partial charge is 0.227 e. The molecule has 0 amide bonds. The Morgan fingerprint density at radius 3 is 2.41 bits per heavy atom. The number of aromatic nitrogens is 1. The lowest BCUT2D eigenvalue weighted by molar-refractivity contribution is 0.261. The van der Waals surface area contributed by atoms with Crippen molar-refractivity contribution in [3.8, 4) is 23.0 Å². The summed E-state index contributed by atoms with van der Waals surface area (Å²) < 4.78 is 17.9. The second-order valence-corrected chi connectivity index (χ2v) is 9.28. The average molecular weight is 466 g/mol. The highest BCUT2D eigenvalue weighted by atomic mass is 16.5. The van der Waals surface area contributed by atoms with Gasteiger partial charge in [0, 0.05) is 24.7 Å². The molecule has 0 saturated carbocycles. The van der Waals surface area contributed by atoms with Crippen molar-refractivity contribution in [1.82, 2.24) is 14.8 Å². The normalized spacial score (nSPS) is 14.3. The van der Waals surface area contributed by atoms with E-state index in [1.54, 1.807) is 0 Å². The molecule has 1 aliphatic rings. The predicted molar refractivity (Wildman–Crippen MR) is 138 cm³/mol. The second-order valence-electron chi connectivity index (χ2n) is 9.28. The third-order valence-electron chi connectivity index (χ3n) is 6.39. The van der Waals surface area contributed by atoms with Gasteiger partial charge >= 0.3 is 0 Å². The molecule has 2 heterocycles. The van der Waals surface area contributed by atoms with Gasteiger partial charge in [0.15, 0.2) is 5.58 Å². The fourth-order valence-corrected chi connectivity index (χ4v) is 4.36. The van der Waals surface area contributed by atoms with Crippen molar-refractivity contribution in [2.45, 2.75) is 45.4 Å². The minimum Gasteiger partial charge on any atom is -0.494 e. The maximum Gasteiger partial charge on any atom is 0.227 e. The third kappa shape index (κ3) is 7.21. The number of unbranched alkanes of at least 4 members (excludes halogenated alkanes) is 1. The zero-order chi connectivity index (χ0) is 23.6. The topological polar surface area (TPSA) is 51.0 Å². The third-order valence-corrected chi connectivity index (χ3v) is 6.39. The number of hydrogen-bond acceptors (Lipinski definition) is 6. The van der Waals surface area contributed by atoms with E-state index in [9.17, 15) is 0 Å². The van der Waals surface area contributed by atoms with E-state index < -0.39 is 0 Å². The Balaban J connectivity index is 1.25. The van der Waals surface area contributed by atoms with Crippen LogP contribution >= 0.6 is 0 Å². The lowest BCUT2D eigenvalue weighted by Gasteiger charge is -2.15. The molecule has 2 aromatic carbocycles. The first-order chi connectivity index (χ1) is 16.7. The Labute approximate surface area is 203 Å². The summed E-state index contributed by atoms with van der Waals surface area (Å²) in [5.41, 5.74) is 2.52. The monoisotopic (exact) mass is 465 g/mol. The van der Waals surface area contributed by atoms with Crippen molar-refractivity contribution in [2.24, 2.45) is 0 Å². The molecule has 0 bridgehead atoms. The van der Waals surface area contributed by atoms with Gasteiger partial charge in [-0.1, -0.05) is 13.3 Å². The average Bonchev–Trinajstić information content (AvgIpc) is 3.53. The highest BCUT2D eigenvalue weighted by Crippen LogP contribution is 2.28. The van der Waals surface area contributed by atoms with Gasteiger partial charge in [0.25, 0.3) is 0 Å². The molecule has 0 aliphatic carbocycles. The van der Waals surface area contributed by atoms with Gasteiger partial charge in [-0.05, 0) is 95.2 Å². The van der Waals surface area contributed by atoms with Crippen molar-refractivity contribution in [2.75, 3.05) is 53.0 Å². The SMILES string of the molecule is CCCCN(C)CCCOc1ccc2nc(-c3ccc(OCCCN4CCCC4)cc3)oc2c1. The van der Waals surface area contributed by atoms with E-state index in [-0.39, 0.29) is 0 Å². The van der Waals surface area contributed by atoms with E-state index in [4.69, 9.17) is 13.9 Å². The van der Waals surface area contributed by atoms with Gasteiger partial charge in [0.05, 0.1) is 13.2 Å². The number of ether oxygens (including phenoxy) is 2. The molecule has 0 atom stereocenters. The number of hydrogen-bond donors (Lipinski definition) is 0. The van der Waals surface area contributed by atoms with Gasteiger partial charge in [0.1, 0.15) is 17.0 Å². The molecule has 4 rings (SSSR count).